The second kappa shape index (κ2) is 5.00. The smallest absolute Gasteiger partial charge is 0.254 e. The van der Waals surface area contributed by atoms with Gasteiger partial charge in [0.1, 0.15) is 0 Å². The van der Waals surface area contributed by atoms with E-state index in [1.165, 1.54) is 5.56 Å². The van der Waals surface area contributed by atoms with Gasteiger partial charge in [-0.3, -0.25) is 9.89 Å². The van der Waals surface area contributed by atoms with Crippen LogP contribution < -0.4 is 0 Å². The van der Waals surface area contributed by atoms with Crippen LogP contribution in [0.3, 0.4) is 0 Å². The summed E-state index contributed by atoms with van der Waals surface area (Å²) in [6.07, 6.45) is 3.89. The van der Waals surface area contributed by atoms with E-state index in [0.29, 0.717) is 0 Å². The lowest BCUT2D eigenvalue weighted by molar-refractivity contribution is 0.0736. The summed E-state index contributed by atoms with van der Waals surface area (Å²) >= 11 is 1.69. The third-order valence-corrected chi connectivity index (χ3v) is 4.83. The SMILES string of the molecule is O=C(c1ccc2cn[nH]c2c1)N1CCCC1c1ccsc1. The van der Waals surface area contributed by atoms with Crippen molar-refractivity contribution in [1.82, 2.24) is 15.1 Å². The number of thiophene rings is 1. The highest BCUT2D eigenvalue weighted by Gasteiger charge is 2.30. The van der Waals surface area contributed by atoms with Gasteiger partial charge in [0.2, 0.25) is 0 Å². The van der Waals surface area contributed by atoms with E-state index in [1.807, 2.05) is 23.1 Å². The lowest BCUT2D eigenvalue weighted by Gasteiger charge is -2.24. The van der Waals surface area contributed by atoms with Gasteiger partial charge in [0.25, 0.3) is 5.91 Å². The molecule has 2 aromatic heterocycles. The third-order valence-electron chi connectivity index (χ3n) is 4.13. The highest BCUT2D eigenvalue weighted by atomic mass is 32.1. The minimum Gasteiger partial charge on any atom is -0.332 e. The fourth-order valence-electron chi connectivity index (χ4n) is 3.06. The molecule has 1 N–H and O–H groups in total. The van der Waals surface area contributed by atoms with Crippen LogP contribution in [0.5, 0.6) is 0 Å². The molecular formula is C16H15N3OS. The molecular weight excluding hydrogens is 282 g/mol. The fraction of sp³-hybridized carbons (Fsp3) is 0.250. The minimum atomic E-state index is 0.111. The maximum atomic E-state index is 12.8. The number of fused-ring (bicyclic) bond motifs is 1. The largest absolute Gasteiger partial charge is 0.332 e. The predicted octanol–water partition coefficient (Wildman–Crippen LogP) is 3.60. The van der Waals surface area contributed by atoms with Crippen LogP contribution in [0.1, 0.15) is 34.8 Å². The van der Waals surface area contributed by atoms with Gasteiger partial charge in [-0.2, -0.15) is 16.4 Å². The van der Waals surface area contributed by atoms with Crippen LogP contribution in [0.15, 0.2) is 41.2 Å². The summed E-state index contributed by atoms with van der Waals surface area (Å²) in [6.45, 7) is 0.834. The Morgan fingerprint density at radius 2 is 2.33 bits per heavy atom. The molecule has 0 saturated carbocycles. The average Bonchev–Trinajstić information content (AvgIpc) is 3.24. The van der Waals surface area contributed by atoms with Crippen LogP contribution in [-0.2, 0) is 0 Å². The number of amides is 1. The number of likely N-dealkylation sites (tertiary alicyclic amines) is 1. The lowest BCUT2D eigenvalue weighted by atomic mass is 10.1. The molecule has 1 atom stereocenters. The van der Waals surface area contributed by atoms with Gasteiger partial charge in [-0.25, -0.2) is 0 Å². The van der Waals surface area contributed by atoms with E-state index in [0.717, 1.165) is 35.9 Å². The monoisotopic (exact) mass is 297 g/mol. The molecule has 1 aliphatic rings. The van der Waals surface area contributed by atoms with E-state index in [4.69, 9.17) is 0 Å². The molecule has 3 heterocycles. The number of nitrogens with zero attached hydrogens (tertiary/aromatic N) is 2. The molecule has 1 saturated heterocycles. The zero-order valence-corrected chi connectivity index (χ0v) is 12.3. The Labute approximate surface area is 126 Å². The minimum absolute atomic E-state index is 0.111. The van der Waals surface area contributed by atoms with Crippen LogP contribution in [0.25, 0.3) is 10.9 Å². The Hall–Kier alpha value is -2.14. The molecule has 1 fully saturated rings. The van der Waals surface area contributed by atoms with Gasteiger partial charge < -0.3 is 4.90 Å². The van der Waals surface area contributed by atoms with Gasteiger partial charge in [-0.15, -0.1) is 0 Å². The topological polar surface area (TPSA) is 49.0 Å². The summed E-state index contributed by atoms with van der Waals surface area (Å²) in [5.74, 6) is 0.111. The first kappa shape index (κ1) is 12.6. The van der Waals surface area contributed by atoms with Crippen LogP contribution in [-0.4, -0.2) is 27.5 Å². The predicted molar refractivity (Wildman–Crippen MR) is 83.4 cm³/mol. The van der Waals surface area contributed by atoms with Gasteiger partial charge >= 0.3 is 0 Å². The van der Waals surface area contributed by atoms with E-state index in [9.17, 15) is 4.79 Å². The van der Waals surface area contributed by atoms with Gasteiger partial charge in [-0.05, 0) is 47.4 Å². The van der Waals surface area contributed by atoms with Crippen LogP contribution in [0.4, 0.5) is 0 Å². The van der Waals surface area contributed by atoms with Crippen molar-refractivity contribution in [2.45, 2.75) is 18.9 Å². The number of H-pyrrole nitrogens is 1. The van der Waals surface area contributed by atoms with E-state index in [2.05, 4.69) is 27.0 Å². The Balaban J connectivity index is 1.66. The molecule has 0 bridgehead atoms. The first-order valence-electron chi connectivity index (χ1n) is 7.09. The number of aromatic amines is 1. The highest BCUT2D eigenvalue weighted by molar-refractivity contribution is 7.08. The molecule has 5 heteroatoms. The highest BCUT2D eigenvalue weighted by Crippen LogP contribution is 2.34. The second-order valence-electron chi connectivity index (χ2n) is 5.39. The Morgan fingerprint density at radius 3 is 3.19 bits per heavy atom. The van der Waals surface area contributed by atoms with Crippen molar-refractivity contribution < 1.29 is 4.79 Å². The molecule has 0 aliphatic carbocycles. The number of benzene rings is 1. The van der Waals surface area contributed by atoms with Crippen LogP contribution in [0.2, 0.25) is 0 Å². The zero-order chi connectivity index (χ0) is 14.2. The number of carbonyl (C=O) groups excluding carboxylic acids is 1. The summed E-state index contributed by atoms with van der Waals surface area (Å²) in [4.78, 5) is 14.8. The van der Waals surface area contributed by atoms with Crippen molar-refractivity contribution >= 4 is 28.1 Å². The summed E-state index contributed by atoms with van der Waals surface area (Å²) in [7, 11) is 0. The molecule has 4 rings (SSSR count). The number of nitrogens with one attached hydrogen (secondary N) is 1. The van der Waals surface area contributed by atoms with E-state index in [-0.39, 0.29) is 11.9 Å². The maximum Gasteiger partial charge on any atom is 0.254 e. The maximum absolute atomic E-state index is 12.8. The molecule has 4 nitrogen and oxygen atoms in total. The summed E-state index contributed by atoms with van der Waals surface area (Å²) < 4.78 is 0. The Kier molecular flexibility index (Phi) is 3.00. The normalized spacial score (nSPS) is 18.5. The van der Waals surface area contributed by atoms with Crippen molar-refractivity contribution in [3.8, 4) is 0 Å². The first-order valence-corrected chi connectivity index (χ1v) is 8.03. The number of hydrogen-bond acceptors (Lipinski definition) is 3. The van der Waals surface area contributed by atoms with E-state index in [1.54, 1.807) is 17.5 Å². The molecule has 0 spiro atoms. The van der Waals surface area contributed by atoms with Gasteiger partial charge in [-0.1, -0.05) is 6.07 Å². The van der Waals surface area contributed by atoms with Gasteiger partial charge in [0, 0.05) is 17.5 Å². The van der Waals surface area contributed by atoms with Crippen molar-refractivity contribution in [3.05, 3.63) is 52.3 Å². The molecule has 21 heavy (non-hydrogen) atoms. The molecule has 1 aromatic carbocycles. The summed E-state index contributed by atoms with van der Waals surface area (Å²) in [6, 6.07) is 8.08. The van der Waals surface area contributed by atoms with Crippen molar-refractivity contribution in [1.29, 1.82) is 0 Å². The quantitative estimate of drug-likeness (QED) is 0.785. The van der Waals surface area contributed by atoms with E-state index < -0.39 is 0 Å². The molecule has 1 unspecified atom stereocenters. The van der Waals surface area contributed by atoms with Crippen molar-refractivity contribution in [2.75, 3.05) is 6.54 Å². The van der Waals surface area contributed by atoms with Gasteiger partial charge in [0.15, 0.2) is 0 Å². The summed E-state index contributed by atoms with van der Waals surface area (Å²) in [5, 5.41) is 12.2. The molecule has 1 aliphatic heterocycles. The van der Waals surface area contributed by atoms with Crippen molar-refractivity contribution in [2.24, 2.45) is 0 Å². The molecule has 106 valence electrons. The molecule has 3 aromatic rings. The van der Waals surface area contributed by atoms with Crippen molar-refractivity contribution in [3.63, 3.8) is 0 Å². The zero-order valence-electron chi connectivity index (χ0n) is 11.5. The number of carbonyl (C=O) groups is 1. The third kappa shape index (κ3) is 2.14. The lowest BCUT2D eigenvalue weighted by Crippen LogP contribution is -2.30. The van der Waals surface area contributed by atoms with Crippen LogP contribution in [0, 0.1) is 0 Å². The Morgan fingerprint density at radius 1 is 1.38 bits per heavy atom. The number of rotatable bonds is 2. The van der Waals surface area contributed by atoms with Gasteiger partial charge in [0.05, 0.1) is 17.8 Å². The number of hydrogen-bond donors (Lipinski definition) is 1. The fourth-order valence-corrected chi connectivity index (χ4v) is 3.76. The summed E-state index contributed by atoms with van der Waals surface area (Å²) in [5.41, 5.74) is 2.90. The average molecular weight is 297 g/mol. The standard InChI is InChI=1S/C16H15N3OS/c20-16(11-3-4-12-9-17-18-14(12)8-11)19-6-1-2-15(19)13-5-7-21-10-13/h3-5,7-10,15H,1-2,6H2,(H,17,18). The number of aromatic nitrogens is 2. The molecule has 1 amide bonds. The van der Waals surface area contributed by atoms with E-state index >= 15 is 0 Å². The first-order chi connectivity index (χ1) is 10.3. The second-order valence-corrected chi connectivity index (χ2v) is 6.17. The van der Waals surface area contributed by atoms with Crippen LogP contribution >= 0.6 is 11.3 Å². The molecule has 0 radical (unpaired) electrons. The Bertz CT molecular complexity index is 778.